The lowest BCUT2D eigenvalue weighted by Crippen LogP contribution is -2.23. The van der Waals surface area contributed by atoms with E-state index in [1.54, 1.807) is 47.9 Å². The number of carbonyl (C=O) groups excluding carboxylic acids is 3. The van der Waals surface area contributed by atoms with E-state index in [1.165, 1.54) is 24.3 Å². The van der Waals surface area contributed by atoms with Crippen LogP contribution >= 0.6 is 22.9 Å². The average Bonchev–Trinajstić information content (AvgIpc) is 2.97. The fraction of sp³-hybridized carbons (Fsp3) is 0.200. The van der Waals surface area contributed by atoms with Crippen LogP contribution in [0.1, 0.15) is 24.2 Å². The van der Waals surface area contributed by atoms with Gasteiger partial charge in [-0.05, 0) is 43.3 Å². The van der Waals surface area contributed by atoms with Crippen LogP contribution in [-0.4, -0.2) is 29.0 Å². The molecule has 0 atom stereocenters. The molecule has 1 N–H and O–H groups in total. The third kappa shape index (κ3) is 5.10. The summed E-state index contributed by atoms with van der Waals surface area (Å²) in [5.41, 5.74) is 1.66. The highest BCUT2D eigenvalue weighted by Gasteiger charge is 2.14. The predicted octanol–water partition coefficient (Wildman–Crippen LogP) is 3.62. The number of esters is 1. The molecule has 29 heavy (non-hydrogen) atoms. The van der Waals surface area contributed by atoms with Gasteiger partial charge in [0.15, 0.2) is 4.80 Å². The van der Waals surface area contributed by atoms with E-state index < -0.39 is 11.9 Å². The summed E-state index contributed by atoms with van der Waals surface area (Å²) < 4.78 is 7.43. The van der Waals surface area contributed by atoms with E-state index in [4.69, 9.17) is 16.3 Å². The van der Waals surface area contributed by atoms with Crippen molar-refractivity contribution in [2.45, 2.75) is 20.4 Å². The number of ether oxygens (including phenoxy) is 1. The van der Waals surface area contributed by atoms with Gasteiger partial charge in [-0.15, -0.1) is 0 Å². The first-order valence-electron chi connectivity index (χ1n) is 8.78. The van der Waals surface area contributed by atoms with E-state index in [2.05, 4.69) is 10.3 Å². The number of aromatic nitrogens is 1. The Bertz CT molecular complexity index is 1170. The van der Waals surface area contributed by atoms with Gasteiger partial charge in [0.1, 0.15) is 6.54 Å². The van der Waals surface area contributed by atoms with Crippen molar-refractivity contribution in [3.05, 3.63) is 57.9 Å². The van der Waals surface area contributed by atoms with E-state index in [-0.39, 0.29) is 19.1 Å². The molecular weight excluding hydrogens is 414 g/mol. The third-order valence-electron chi connectivity index (χ3n) is 3.86. The van der Waals surface area contributed by atoms with Gasteiger partial charge >= 0.3 is 5.97 Å². The second-order valence-electron chi connectivity index (χ2n) is 6.07. The number of hydrogen-bond donors (Lipinski definition) is 1. The minimum atomic E-state index is -0.473. The van der Waals surface area contributed by atoms with Gasteiger partial charge in [0.05, 0.1) is 16.8 Å². The lowest BCUT2D eigenvalue weighted by molar-refractivity contribution is -0.143. The van der Waals surface area contributed by atoms with Crippen LogP contribution in [0, 0.1) is 0 Å². The molecule has 2 amide bonds. The topological polar surface area (TPSA) is 89.8 Å². The Balaban J connectivity index is 2.11. The Hall–Kier alpha value is -2.97. The Morgan fingerprint density at radius 2 is 2.00 bits per heavy atom. The molecule has 0 saturated heterocycles. The summed E-state index contributed by atoms with van der Waals surface area (Å²) in [6.45, 7) is 3.31. The SMILES string of the molecule is CCOC(=O)Cn1c(=NC(=O)c2cccc(Cl)c2)sc2cc(NC(C)=O)ccc21. The molecule has 0 saturated carbocycles. The fourth-order valence-electron chi connectivity index (χ4n) is 2.70. The molecule has 1 heterocycles. The molecule has 3 rings (SSSR count). The zero-order chi connectivity index (χ0) is 21.0. The number of thiazole rings is 1. The highest BCUT2D eigenvalue weighted by Crippen LogP contribution is 2.22. The van der Waals surface area contributed by atoms with Crippen LogP contribution in [0.3, 0.4) is 0 Å². The van der Waals surface area contributed by atoms with Gasteiger partial charge in [0.25, 0.3) is 5.91 Å². The predicted molar refractivity (Wildman–Crippen MR) is 112 cm³/mol. The van der Waals surface area contributed by atoms with Gasteiger partial charge in [-0.2, -0.15) is 4.99 Å². The second kappa shape index (κ2) is 9.02. The maximum Gasteiger partial charge on any atom is 0.326 e. The summed E-state index contributed by atoms with van der Waals surface area (Å²) in [5.74, 6) is -1.10. The largest absolute Gasteiger partial charge is 0.465 e. The number of rotatable bonds is 5. The Morgan fingerprint density at radius 3 is 2.69 bits per heavy atom. The van der Waals surface area contributed by atoms with Gasteiger partial charge in [0, 0.05) is 23.2 Å². The van der Waals surface area contributed by atoms with E-state index in [0.717, 1.165) is 4.70 Å². The van der Waals surface area contributed by atoms with Crippen molar-refractivity contribution >= 4 is 56.6 Å². The standard InChI is InChI=1S/C20H18ClN3O4S/c1-3-28-18(26)11-24-16-8-7-15(22-12(2)25)10-17(16)29-20(24)23-19(27)13-5-4-6-14(21)9-13/h4-10H,3,11H2,1-2H3,(H,22,25). The molecule has 0 unspecified atom stereocenters. The molecule has 0 spiro atoms. The maximum absolute atomic E-state index is 12.6. The molecule has 150 valence electrons. The van der Waals surface area contributed by atoms with Crippen molar-refractivity contribution in [3.63, 3.8) is 0 Å². The molecular formula is C20H18ClN3O4S. The van der Waals surface area contributed by atoms with Crippen LogP contribution in [-0.2, 0) is 20.9 Å². The fourth-order valence-corrected chi connectivity index (χ4v) is 3.96. The van der Waals surface area contributed by atoms with Crippen LogP contribution in [0.4, 0.5) is 5.69 Å². The van der Waals surface area contributed by atoms with E-state index >= 15 is 0 Å². The maximum atomic E-state index is 12.6. The highest BCUT2D eigenvalue weighted by atomic mass is 35.5. The molecule has 0 aliphatic heterocycles. The summed E-state index contributed by atoms with van der Waals surface area (Å²) in [6.07, 6.45) is 0. The molecule has 0 radical (unpaired) electrons. The van der Waals surface area contributed by atoms with Crippen LogP contribution in [0.2, 0.25) is 5.02 Å². The van der Waals surface area contributed by atoms with Crippen molar-refractivity contribution in [1.29, 1.82) is 0 Å². The molecule has 0 fully saturated rings. The van der Waals surface area contributed by atoms with E-state index in [1.807, 2.05) is 0 Å². The van der Waals surface area contributed by atoms with Crippen LogP contribution in [0.5, 0.6) is 0 Å². The van der Waals surface area contributed by atoms with Crippen LogP contribution in [0.25, 0.3) is 10.2 Å². The summed E-state index contributed by atoms with van der Waals surface area (Å²) in [6, 6.07) is 11.7. The number of anilines is 1. The lowest BCUT2D eigenvalue weighted by Gasteiger charge is -2.06. The summed E-state index contributed by atoms with van der Waals surface area (Å²) in [7, 11) is 0. The van der Waals surface area contributed by atoms with Crippen LogP contribution < -0.4 is 10.1 Å². The first-order chi connectivity index (χ1) is 13.9. The lowest BCUT2D eigenvalue weighted by atomic mass is 10.2. The van der Waals surface area contributed by atoms with Gasteiger partial charge in [0.2, 0.25) is 5.91 Å². The monoisotopic (exact) mass is 431 g/mol. The number of hydrogen-bond acceptors (Lipinski definition) is 5. The summed E-state index contributed by atoms with van der Waals surface area (Å²) >= 11 is 7.19. The van der Waals surface area contributed by atoms with Crippen molar-refractivity contribution in [2.75, 3.05) is 11.9 Å². The second-order valence-corrected chi connectivity index (χ2v) is 7.51. The minimum Gasteiger partial charge on any atom is -0.465 e. The molecule has 1 aromatic heterocycles. The first kappa shape index (κ1) is 20.8. The first-order valence-corrected chi connectivity index (χ1v) is 9.98. The van der Waals surface area contributed by atoms with Crippen molar-refractivity contribution in [3.8, 4) is 0 Å². The molecule has 3 aromatic rings. The van der Waals surface area contributed by atoms with Gasteiger partial charge in [-0.25, -0.2) is 0 Å². The molecule has 0 aliphatic carbocycles. The molecule has 0 bridgehead atoms. The zero-order valence-electron chi connectivity index (χ0n) is 15.8. The number of amides is 2. The Kier molecular flexibility index (Phi) is 6.46. The highest BCUT2D eigenvalue weighted by molar-refractivity contribution is 7.16. The van der Waals surface area contributed by atoms with Crippen molar-refractivity contribution in [1.82, 2.24) is 4.57 Å². The third-order valence-corrected chi connectivity index (χ3v) is 5.14. The average molecular weight is 432 g/mol. The minimum absolute atomic E-state index is 0.0883. The van der Waals surface area contributed by atoms with E-state index in [9.17, 15) is 14.4 Å². The number of nitrogens with zero attached hydrogens (tertiary/aromatic N) is 2. The molecule has 2 aromatic carbocycles. The molecule has 9 heteroatoms. The summed E-state index contributed by atoms with van der Waals surface area (Å²) in [4.78, 5) is 40.6. The quantitative estimate of drug-likeness (QED) is 0.625. The van der Waals surface area contributed by atoms with Gasteiger partial charge in [-0.3, -0.25) is 14.4 Å². The Morgan fingerprint density at radius 1 is 1.21 bits per heavy atom. The number of nitrogens with one attached hydrogen (secondary N) is 1. The van der Waals surface area contributed by atoms with Gasteiger partial charge < -0.3 is 14.6 Å². The van der Waals surface area contributed by atoms with Gasteiger partial charge in [-0.1, -0.05) is 29.0 Å². The molecule has 0 aliphatic rings. The van der Waals surface area contributed by atoms with Crippen molar-refractivity contribution in [2.24, 2.45) is 4.99 Å². The number of fused-ring (bicyclic) bond motifs is 1. The number of benzene rings is 2. The summed E-state index contributed by atoms with van der Waals surface area (Å²) in [5, 5.41) is 3.15. The smallest absolute Gasteiger partial charge is 0.326 e. The zero-order valence-corrected chi connectivity index (χ0v) is 17.3. The number of halogens is 1. The van der Waals surface area contributed by atoms with Crippen LogP contribution in [0.15, 0.2) is 47.5 Å². The normalized spacial score (nSPS) is 11.5. The molecule has 7 nitrogen and oxygen atoms in total. The van der Waals surface area contributed by atoms with E-state index in [0.29, 0.717) is 26.6 Å². The van der Waals surface area contributed by atoms with Crippen molar-refractivity contribution < 1.29 is 19.1 Å². The number of carbonyl (C=O) groups is 3. The Labute approximate surface area is 175 Å².